The van der Waals surface area contributed by atoms with Crippen LogP contribution in [0.3, 0.4) is 0 Å². The number of hydrogen-bond donors (Lipinski definition) is 0. The molecular formula is C30H59O4P. The minimum absolute atomic E-state index is 0.0797. The van der Waals surface area contributed by atoms with Crippen molar-refractivity contribution in [1.82, 2.24) is 0 Å². The second-order valence-corrected chi connectivity index (χ2v) is 16.9. The molecule has 0 radical (unpaired) electrons. The SMILES string of the molecule is C=C(C)C(=O)OCCCCCCCCCCCCCCCCCCP(CC)(CC)(CC)OC(C)=O. The Bertz CT molecular complexity index is 572. The van der Waals surface area contributed by atoms with Gasteiger partial charge in [0.2, 0.25) is 0 Å². The number of ether oxygens (including phenoxy) is 1. The molecule has 0 saturated carbocycles. The van der Waals surface area contributed by atoms with Crippen molar-refractivity contribution in [2.75, 3.05) is 31.3 Å². The van der Waals surface area contributed by atoms with Crippen molar-refractivity contribution >= 4 is 18.8 Å². The number of rotatable bonds is 24. The quantitative estimate of drug-likeness (QED) is 0.0557. The van der Waals surface area contributed by atoms with Gasteiger partial charge in [-0.2, -0.15) is 0 Å². The van der Waals surface area contributed by atoms with Gasteiger partial charge in [-0.25, -0.2) is 4.79 Å². The molecule has 0 aromatic rings. The topological polar surface area (TPSA) is 52.6 Å². The molecule has 4 nitrogen and oxygen atoms in total. The zero-order valence-electron chi connectivity index (χ0n) is 24.1. The van der Waals surface area contributed by atoms with E-state index in [9.17, 15) is 9.59 Å². The number of carbonyl (C=O) groups is 2. The molecule has 0 aliphatic rings. The zero-order chi connectivity index (χ0) is 26.4. The van der Waals surface area contributed by atoms with E-state index in [-0.39, 0.29) is 11.9 Å². The van der Waals surface area contributed by atoms with Gasteiger partial charge in [0, 0.05) is 5.57 Å². The van der Waals surface area contributed by atoms with Gasteiger partial charge in [0.05, 0.1) is 6.61 Å². The van der Waals surface area contributed by atoms with Gasteiger partial charge >= 0.3 is 151 Å². The maximum absolute atomic E-state index is 11.8. The monoisotopic (exact) mass is 514 g/mol. The molecule has 0 atom stereocenters. The molecule has 0 aliphatic heterocycles. The molecule has 0 unspecified atom stereocenters. The minimum atomic E-state index is -2.30. The third kappa shape index (κ3) is 15.7. The Hall–Kier alpha value is -0.890. The zero-order valence-corrected chi connectivity index (χ0v) is 25.0. The van der Waals surface area contributed by atoms with Crippen molar-refractivity contribution in [3.8, 4) is 0 Å². The fraction of sp³-hybridized carbons (Fsp3) is 0.867. The average Bonchev–Trinajstić information content (AvgIpc) is 2.84. The molecule has 0 N–H and O–H groups in total. The Kier molecular flexibility index (Phi) is 19.7. The molecule has 0 amide bonds. The van der Waals surface area contributed by atoms with Crippen molar-refractivity contribution in [1.29, 1.82) is 0 Å². The number of unbranched alkanes of at least 4 members (excludes halogenated alkanes) is 15. The summed E-state index contributed by atoms with van der Waals surface area (Å²) in [6, 6.07) is 0. The number of esters is 1. The predicted molar refractivity (Wildman–Crippen MR) is 155 cm³/mol. The van der Waals surface area contributed by atoms with Gasteiger partial charge in [0.1, 0.15) is 0 Å². The van der Waals surface area contributed by atoms with Gasteiger partial charge in [0.25, 0.3) is 0 Å². The third-order valence-electron chi connectivity index (χ3n) is 7.99. The first-order valence-electron chi connectivity index (χ1n) is 14.8. The molecule has 0 aliphatic carbocycles. The van der Waals surface area contributed by atoms with Crippen molar-refractivity contribution in [2.45, 2.75) is 137 Å². The van der Waals surface area contributed by atoms with E-state index < -0.39 is 6.83 Å². The average molecular weight is 515 g/mol. The van der Waals surface area contributed by atoms with Crippen LogP contribution in [-0.2, 0) is 18.8 Å². The number of hydrogen-bond acceptors (Lipinski definition) is 4. The number of carbonyl (C=O) groups excluding carboxylic acids is 2. The van der Waals surface area contributed by atoms with Crippen molar-refractivity contribution in [2.24, 2.45) is 0 Å². The van der Waals surface area contributed by atoms with Crippen molar-refractivity contribution in [3.63, 3.8) is 0 Å². The summed E-state index contributed by atoms with van der Waals surface area (Å²) in [5.41, 5.74) is 0.482. The molecule has 0 fully saturated rings. The fourth-order valence-corrected chi connectivity index (χ4v) is 9.64. The van der Waals surface area contributed by atoms with E-state index in [1.807, 2.05) is 0 Å². The van der Waals surface area contributed by atoms with E-state index >= 15 is 0 Å². The first-order valence-corrected chi connectivity index (χ1v) is 17.7. The Morgan fingerprint density at radius 1 is 0.600 bits per heavy atom. The predicted octanol–water partition coefficient (Wildman–Crippen LogP) is 9.44. The van der Waals surface area contributed by atoms with Crippen molar-refractivity contribution < 1.29 is 18.8 Å². The van der Waals surface area contributed by atoms with Crippen LogP contribution in [-0.4, -0.2) is 43.2 Å². The van der Waals surface area contributed by atoms with Crippen LogP contribution in [0.1, 0.15) is 137 Å². The van der Waals surface area contributed by atoms with E-state index in [4.69, 9.17) is 9.26 Å². The van der Waals surface area contributed by atoms with E-state index in [1.54, 1.807) is 13.8 Å². The van der Waals surface area contributed by atoms with Gasteiger partial charge < -0.3 is 4.74 Å². The maximum atomic E-state index is 11.8. The van der Waals surface area contributed by atoms with Crippen LogP contribution in [0.25, 0.3) is 0 Å². The molecule has 0 spiro atoms. The summed E-state index contributed by atoms with van der Waals surface area (Å²) in [5.74, 6) is -0.344. The van der Waals surface area contributed by atoms with Gasteiger partial charge in [-0.1, -0.05) is 32.3 Å². The molecule has 0 heterocycles. The van der Waals surface area contributed by atoms with Gasteiger partial charge in [0.15, 0.2) is 0 Å². The standard InChI is InChI=1S/C30H59O4P/c1-7-35(8-2,9-3,34-29(6)31)27-25-23-21-19-17-15-13-11-10-12-14-16-18-20-22-24-26-33-30(32)28(4)5/h4,7-27H2,1-3,5-6H3. The molecular weight excluding hydrogens is 455 g/mol. The molecule has 0 bridgehead atoms. The van der Waals surface area contributed by atoms with Gasteiger partial charge in [-0.15, -0.1) is 0 Å². The van der Waals surface area contributed by atoms with Crippen LogP contribution >= 0.6 is 6.83 Å². The third-order valence-corrected chi connectivity index (χ3v) is 15.0. The van der Waals surface area contributed by atoms with Crippen LogP contribution in [0.5, 0.6) is 0 Å². The normalized spacial score (nSPS) is 12.7. The van der Waals surface area contributed by atoms with E-state index in [1.165, 1.54) is 89.9 Å². The molecule has 208 valence electrons. The van der Waals surface area contributed by atoms with Gasteiger partial charge in [-0.3, -0.25) is 0 Å². The molecule has 0 aromatic carbocycles. The summed E-state index contributed by atoms with van der Waals surface area (Å²) < 4.78 is 11.2. The summed E-state index contributed by atoms with van der Waals surface area (Å²) in [5, 5.41) is 0. The summed E-state index contributed by atoms with van der Waals surface area (Å²) in [4.78, 5) is 23.0. The summed E-state index contributed by atoms with van der Waals surface area (Å²) in [7, 11) is 0. The summed E-state index contributed by atoms with van der Waals surface area (Å²) >= 11 is 0. The molecule has 0 rings (SSSR count). The molecule has 0 saturated heterocycles. The van der Waals surface area contributed by atoms with Crippen molar-refractivity contribution in [3.05, 3.63) is 12.2 Å². The Labute approximate surface area is 218 Å². The first kappa shape index (κ1) is 34.1. The van der Waals surface area contributed by atoms with Crippen LogP contribution in [0, 0.1) is 0 Å². The van der Waals surface area contributed by atoms with Crippen LogP contribution < -0.4 is 0 Å². The first-order chi connectivity index (χ1) is 16.7. The van der Waals surface area contributed by atoms with E-state index in [0.29, 0.717) is 12.2 Å². The second-order valence-electron chi connectivity index (χ2n) is 10.7. The summed E-state index contributed by atoms with van der Waals surface area (Å²) in [6.07, 6.45) is 25.0. The fourth-order valence-electron chi connectivity index (χ4n) is 5.12. The Morgan fingerprint density at radius 3 is 1.26 bits per heavy atom. The van der Waals surface area contributed by atoms with Crippen LogP contribution in [0.4, 0.5) is 0 Å². The van der Waals surface area contributed by atoms with Gasteiger partial charge in [-0.05, 0) is 13.3 Å². The molecule has 5 heteroatoms. The Morgan fingerprint density at radius 2 is 0.943 bits per heavy atom. The van der Waals surface area contributed by atoms with E-state index in [2.05, 4.69) is 27.4 Å². The van der Waals surface area contributed by atoms with Crippen LogP contribution in [0.2, 0.25) is 0 Å². The molecule has 35 heavy (non-hydrogen) atoms. The summed E-state index contributed by atoms with van der Waals surface area (Å²) in [6.45, 7) is 11.8. The Balaban J connectivity index is 3.54. The van der Waals surface area contributed by atoms with E-state index in [0.717, 1.165) is 37.5 Å². The van der Waals surface area contributed by atoms with Crippen LogP contribution in [0.15, 0.2) is 12.2 Å². The molecule has 0 aromatic heterocycles. The second kappa shape index (κ2) is 20.2.